The SMILES string of the molecule is O=C(NC[C@@H](c1cccnc1)N1CCc2ccccc2C1)c1cccc(Br)c1. The summed E-state index contributed by atoms with van der Waals surface area (Å²) in [6, 6.07) is 20.2. The molecule has 0 spiro atoms. The van der Waals surface area contributed by atoms with Gasteiger partial charge < -0.3 is 5.32 Å². The van der Waals surface area contributed by atoms with Crippen LogP contribution in [0.1, 0.15) is 33.1 Å². The molecule has 0 radical (unpaired) electrons. The Bertz CT molecular complexity index is 961. The minimum atomic E-state index is -0.0624. The molecule has 1 aliphatic heterocycles. The van der Waals surface area contributed by atoms with Gasteiger partial charge in [-0.1, -0.05) is 52.3 Å². The normalized spacial score (nSPS) is 14.9. The van der Waals surface area contributed by atoms with Crippen LogP contribution >= 0.6 is 15.9 Å². The minimum Gasteiger partial charge on any atom is -0.350 e. The number of halogens is 1. The molecular formula is C23H22BrN3O. The lowest BCUT2D eigenvalue weighted by molar-refractivity contribution is 0.0927. The predicted octanol–water partition coefficient (Wildman–Crippen LogP) is 4.37. The Morgan fingerprint density at radius 1 is 1.11 bits per heavy atom. The summed E-state index contributed by atoms with van der Waals surface area (Å²) in [5.74, 6) is -0.0624. The fraction of sp³-hybridized carbons (Fsp3) is 0.217. The van der Waals surface area contributed by atoms with Crippen molar-refractivity contribution in [3.05, 3.63) is 99.8 Å². The smallest absolute Gasteiger partial charge is 0.251 e. The van der Waals surface area contributed by atoms with Gasteiger partial charge in [0, 0.05) is 42.1 Å². The van der Waals surface area contributed by atoms with Crippen LogP contribution in [-0.2, 0) is 13.0 Å². The van der Waals surface area contributed by atoms with E-state index in [2.05, 4.69) is 61.5 Å². The summed E-state index contributed by atoms with van der Waals surface area (Å²) < 4.78 is 0.900. The second kappa shape index (κ2) is 8.67. The first-order chi connectivity index (χ1) is 13.7. The number of carbonyl (C=O) groups is 1. The number of aromatic nitrogens is 1. The van der Waals surface area contributed by atoms with E-state index in [-0.39, 0.29) is 11.9 Å². The molecule has 4 rings (SSSR count). The van der Waals surface area contributed by atoms with Crippen molar-refractivity contribution in [2.45, 2.75) is 19.0 Å². The van der Waals surface area contributed by atoms with E-state index >= 15 is 0 Å². The molecule has 0 fully saturated rings. The molecule has 142 valence electrons. The summed E-state index contributed by atoms with van der Waals surface area (Å²) in [5.41, 5.74) is 4.56. The maximum atomic E-state index is 12.6. The zero-order valence-electron chi connectivity index (χ0n) is 15.5. The Morgan fingerprint density at radius 3 is 2.75 bits per heavy atom. The van der Waals surface area contributed by atoms with Gasteiger partial charge in [-0.25, -0.2) is 0 Å². The quantitative estimate of drug-likeness (QED) is 0.646. The molecule has 3 aromatic rings. The fourth-order valence-corrected chi connectivity index (χ4v) is 4.13. The van der Waals surface area contributed by atoms with Crippen LogP contribution in [0.5, 0.6) is 0 Å². The average Bonchev–Trinajstić information content (AvgIpc) is 2.74. The van der Waals surface area contributed by atoms with E-state index in [1.807, 2.05) is 36.5 Å². The van der Waals surface area contributed by atoms with E-state index in [0.29, 0.717) is 12.1 Å². The number of fused-ring (bicyclic) bond motifs is 1. The summed E-state index contributed by atoms with van der Waals surface area (Å²) in [6.45, 7) is 2.38. The van der Waals surface area contributed by atoms with E-state index in [4.69, 9.17) is 0 Å². The zero-order chi connectivity index (χ0) is 19.3. The van der Waals surface area contributed by atoms with Gasteiger partial charge in [-0.05, 0) is 47.4 Å². The van der Waals surface area contributed by atoms with Crippen molar-refractivity contribution >= 4 is 21.8 Å². The highest BCUT2D eigenvalue weighted by atomic mass is 79.9. The molecule has 4 nitrogen and oxygen atoms in total. The predicted molar refractivity (Wildman–Crippen MR) is 114 cm³/mol. The molecular weight excluding hydrogens is 414 g/mol. The number of hydrogen-bond donors (Lipinski definition) is 1. The molecule has 5 heteroatoms. The molecule has 0 saturated heterocycles. The van der Waals surface area contributed by atoms with Gasteiger partial charge in [0.05, 0.1) is 6.04 Å². The molecule has 0 saturated carbocycles. The number of rotatable bonds is 5. The van der Waals surface area contributed by atoms with Crippen LogP contribution < -0.4 is 5.32 Å². The number of pyridine rings is 1. The van der Waals surface area contributed by atoms with Crippen LogP contribution in [0.15, 0.2) is 77.5 Å². The van der Waals surface area contributed by atoms with Crippen molar-refractivity contribution in [2.24, 2.45) is 0 Å². The number of amides is 1. The van der Waals surface area contributed by atoms with Crippen LogP contribution in [0, 0.1) is 0 Å². The fourth-order valence-electron chi connectivity index (χ4n) is 3.74. The highest BCUT2D eigenvalue weighted by molar-refractivity contribution is 9.10. The molecule has 0 bridgehead atoms. The zero-order valence-corrected chi connectivity index (χ0v) is 17.1. The third-order valence-corrected chi connectivity index (χ3v) is 5.71. The van der Waals surface area contributed by atoms with Crippen molar-refractivity contribution in [3.8, 4) is 0 Å². The lowest BCUT2D eigenvalue weighted by Crippen LogP contribution is -2.40. The molecule has 28 heavy (non-hydrogen) atoms. The number of hydrogen-bond acceptors (Lipinski definition) is 3. The maximum Gasteiger partial charge on any atom is 0.251 e. The molecule has 1 aromatic heterocycles. The number of carbonyl (C=O) groups excluding carboxylic acids is 1. The third-order valence-electron chi connectivity index (χ3n) is 5.21. The van der Waals surface area contributed by atoms with Gasteiger partial charge >= 0.3 is 0 Å². The van der Waals surface area contributed by atoms with Gasteiger partial charge in [0.1, 0.15) is 0 Å². The first kappa shape index (κ1) is 18.8. The molecule has 1 aliphatic rings. The monoisotopic (exact) mass is 435 g/mol. The van der Waals surface area contributed by atoms with Crippen molar-refractivity contribution in [1.82, 2.24) is 15.2 Å². The van der Waals surface area contributed by atoms with E-state index in [0.717, 1.165) is 29.5 Å². The number of benzene rings is 2. The molecule has 0 unspecified atom stereocenters. The Morgan fingerprint density at radius 2 is 1.96 bits per heavy atom. The summed E-state index contributed by atoms with van der Waals surface area (Å²) >= 11 is 3.43. The lowest BCUT2D eigenvalue weighted by atomic mass is 9.97. The molecule has 0 aliphatic carbocycles. The molecule has 1 amide bonds. The Kier molecular flexibility index (Phi) is 5.84. The highest BCUT2D eigenvalue weighted by Crippen LogP contribution is 2.27. The Labute approximate surface area is 173 Å². The Hall–Kier alpha value is -2.50. The summed E-state index contributed by atoms with van der Waals surface area (Å²) in [7, 11) is 0. The third kappa shape index (κ3) is 4.32. The van der Waals surface area contributed by atoms with E-state index in [1.54, 1.807) is 6.20 Å². The summed E-state index contributed by atoms with van der Waals surface area (Å²) in [4.78, 5) is 19.4. The van der Waals surface area contributed by atoms with Gasteiger partial charge in [0.25, 0.3) is 5.91 Å². The van der Waals surface area contributed by atoms with Crippen LogP contribution in [0.4, 0.5) is 0 Å². The maximum absolute atomic E-state index is 12.6. The first-order valence-corrected chi connectivity index (χ1v) is 10.2. The van der Waals surface area contributed by atoms with Crippen molar-refractivity contribution in [3.63, 3.8) is 0 Å². The number of nitrogens with one attached hydrogen (secondary N) is 1. The van der Waals surface area contributed by atoms with Crippen LogP contribution in [0.3, 0.4) is 0 Å². The number of nitrogens with zero attached hydrogens (tertiary/aromatic N) is 2. The lowest BCUT2D eigenvalue weighted by Gasteiger charge is -2.36. The Balaban J connectivity index is 1.53. The first-order valence-electron chi connectivity index (χ1n) is 9.45. The van der Waals surface area contributed by atoms with E-state index in [9.17, 15) is 4.79 Å². The van der Waals surface area contributed by atoms with Gasteiger partial charge in [-0.15, -0.1) is 0 Å². The highest BCUT2D eigenvalue weighted by Gasteiger charge is 2.25. The topological polar surface area (TPSA) is 45.2 Å². The van der Waals surface area contributed by atoms with Crippen molar-refractivity contribution < 1.29 is 4.79 Å². The van der Waals surface area contributed by atoms with E-state index < -0.39 is 0 Å². The van der Waals surface area contributed by atoms with Crippen LogP contribution in [0.25, 0.3) is 0 Å². The molecule has 1 atom stereocenters. The second-order valence-electron chi connectivity index (χ2n) is 7.01. The van der Waals surface area contributed by atoms with Crippen LogP contribution in [0.2, 0.25) is 0 Å². The van der Waals surface area contributed by atoms with E-state index in [1.165, 1.54) is 11.1 Å². The van der Waals surface area contributed by atoms with Gasteiger partial charge in [0.2, 0.25) is 0 Å². The standard InChI is InChI=1S/C23H22BrN3O/c24-21-9-3-7-18(13-21)23(28)26-15-22(19-8-4-11-25-14-19)27-12-10-17-5-1-2-6-20(17)16-27/h1-9,11,13-14,22H,10,12,15-16H2,(H,26,28)/t22-/m0/s1. The van der Waals surface area contributed by atoms with Gasteiger partial charge in [0.15, 0.2) is 0 Å². The summed E-state index contributed by atoms with van der Waals surface area (Å²) in [5, 5.41) is 3.12. The van der Waals surface area contributed by atoms with Crippen molar-refractivity contribution in [1.29, 1.82) is 0 Å². The summed E-state index contributed by atoms with van der Waals surface area (Å²) in [6.07, 6.45) is 4.70. The second-order valence-corrected chi connectivity index (χ2v) is 7.93. The van der Waals surface area contributed by atoms with Gasteiger partial charge in [-0.2, -0.15) is 0 Å². The molecule has 2 heterocycles. The average molecular weight is 436 g/mol. The van der Waals surface area contributed by atoms with Crippen molar-refractivity contribution in [2.75, 3.05) is 13.1 Å². The molecule has 2 aromatic carbocycles. The van der Waals surface area contributed by atoms with Gasteiger partial charge in [-0.3, -0.25) is 14.7 Å². The molecule has 1 N–H and O–H groups in total. The van der Waals surface area contributed by atoms with Crippen LogP contribution in [-0.4, -0.2) is 28.9 Å². The largest absolute Gasteiger partial charge is 0.350 e. The minimum absolute atomic E-state index is 0.0624.